The summed E-state index contributed by atoms with van der Waals surface area (Å²) in [4.78, 5) is 45.6. The second-order valence-corrected chi connectivity index (χ2v) is 9.03. The maximum atomic E-state index is 12.3. The van der Waals surface area contributed by atoms with E-state index in [4.69, 9.17) is 5.11 Å². The Labute approximate surface area is 218 Å². The molecule has 0 radical (unpaired) electrons. The first-order chi connectivity index (χ1) is 17.6. The van der Waals surface area contributed by atoms with Gasteiger partial charge in [-0.2, -0.15) is 0 Å². The third kappa shape index (κ3) is 14.0. The topological polar surface area (TPSA) is 193 Å². The van der Waals surface area contributed by atoms with Gasteiger partial charge in [0.1, 0.15) is 12.3 Å². The van der Waals surface area contributed by atoms with Crippen LogP contribution in [0, 0.1) is 0 Å². The van der Waals surface area contributed by atoms with E-state index in [2.05, 4.69) is 10.6 Å². The van der Waals surface area contributed by atoms with Crippen molar-refractivity contribution in [2.45, 2.75) is 83.1 Å². The fraction of sp³-hybridized carbons (Fsp3) is 0.583. The summed E-state index contributed by atoms with van der Waals surface area (Å²) in [5.41, 5.74) is 0.111. The summed E-state index contributed by atoms with van der Waals surface area (Å²) in [6.45, 7) is 0.446. The average molecular weight is 520 g/mol. The first kappa shape index (κ1) is 32.3. The third-order valence-electron chi connectivity index (χ3n) is 5.91. The molecule has 0 fully saturated rings. The number of aliphatic carboxylic acids is 1. The Morgan fingerprint density at radius 3 is 1.81 bits per heavy atom. The van der Waals surface area contributed by atoms with E-state index in [1.54, 1.807) is 0 Å². The number of carboxylic acid groups (broad SMARTS) is 1. The van der Waals surface area contributed by atoms with E-state index >= 15 is 0 Å². The largest absolute Gasteiger partial charge is 0.488 e. The van der Waals surface area contributed by atoms with Crippen LogP contribution in [0.15, 0.2) is 18.2 Å². The number of aldehydes is 1. The van der Waals surface area contributed by atoms with Crippen LogP contribution in [0.4, 0.5) is 0 Å². The first-order valence-corrected chi connectivity index (χ1v) is 12.8. The quantitative estimate of drug-likeness (QED) is 0.0657. The van der Waals surface area contributed by atoms with Crippen LogP contribution in [-0.2, 0) is 14.4 Å². The Balaban J connectivity index is 2.10. The Hall–Kier alpha value is -2.73. The molecule has 0 unspecified atom stereocenters. The van der Waals surface area contributed by atoms with E-state index in [0.717, 1.165) is 51.4 Å². The highest BCUT2D eigenvalue weighted by atomic mass is 16.4. The summed E-state index contributed by atoms with van der Waals surface area (Å²) < 4.78 is 0. The normalized spacial score (nSPS) is 11.5. The number of nitrogens with one attached hydrogen (secondary N) is 2. The summed E-state index contributed by atoms with van der Waals surface area (Å²) in [5, 5.41) is 51.5. The number of hydrogen-bond donors (Lipinski definition) is 7. The molecule has 0 aliphatic rings. The number of unbranched alkanes of at least 4 members (excludes halogenated alkanes) is 8. The Morgan fingerprint density at radius 2 is 1.32 bits per heavy atom. The molecule has 1 aromatic carbocycles. The van der Waals surface area contributed by atoms with Gasteiger partial charge >= 0.3 is 20.2 Å². The van der Waals surface area contributed by atoms with Gasteiger partial charge in [0.2, 0.25) is 5.91 Å². The molecule has 0 heterocycles. The van der Waals surface area contributed by atoms with Crippen LogP contribution in [0.3, 0.4) is 0 Å². The highest BCUT2D eigenvalue weighted by Crippen LogP contribution is 2.11. The molecule has 0 saturated carbocycles. The Kier molecular flexibility index (Phi) is 16.2. The fourth-order valence-electron chi connectivity index (χ4n) is 3.82. The molecule has 0 aliphatic heterocycles. The number of hydrogen-bond acceptors (Lipinski definition) is 8. The van der Waals surface area contributed by atoms with E-state index in [9.17, 15) is 39.3 Å². The van der Waals surface area contributed by atoms with Gasteiger partial charge in [-0.25, -0.2) is 4.79 Å². The van der Waals surface area contributed by atoms with Crippen molar-refractivity contribution < 1.29 is 44.4 Å². The molecule has 0 spiro atoms. The molecule has 1 atom stereocenters. The molecule has 204 valence electrons. The lowest BCUT2D eigenvalue weighted by atomic mass is 9.72. The van der Waals surface area contributed by atoms with Crippen LogP contribution in [0.1, 0.15) is 87.4 Å². The van der Waals surface area contributed by atoms with Crippen LogP contribution in [0.5, 0.6) is 0 Å². The molecule has 7 N–H and O–H groups in total. The van der Waals surface area contributed by atoms with Crippen LogP contribution in [-0.4, -0.2) is 76.1 Å². The van der Waals surface area contributed by atoms with Gasteiger partial charge in [-0.3, -0.25) is 9.59 Å². The molecule has 0 saturated heterocycles. The van der Waals surface area contributed by atoms with Gasteiger partial charge in [0.25, 0.3) is 5.91 Å². The predicted molar refractivity (Wildman–Crippen MR) is 139 cm³/mol. The van der Waals surface area contributed by atoms with Crippen LogP contribution in [0.2, 0.25) is 0 Å². The summed E-state index contributed by atoms with van der Waals surface area (Å²) in [6.07, 6.45) is 9.54. The number of benzene rings is 1. The molecule has 0 aromatic heterocycles. The molecule has 2 amide bonds. The highest BCUT2D eigenvalue weighted by Gasteiger charge is 2.21. The molecule has 11 nitrogen and oxygen atoms in total. The van der Waals surface area contributed by atoms with Gasteiger partial charge < -0.3 is 40.6 Å². The number of rotatable bonds is 20. The number of carbonyl (C=O) groups excluding carboxylic acids is 3. The zero-order valence-corrected chi connectivity index (χ0v) is 21.1. The predicted octanol–water partition coefficient (Wildman–Crippen LogP) is -0.774. The van der Waals surface area contributed by atoms with Crippen molar-refractivity contribution in [1.29, 1.82) is 0 Å². The van der Waals surface area contributed by atoms with E-state index in [0.29, 0.717) is 19.3 Å². The van der Waals surface area contributed by atoms with Crippen molar-refractivity contribution in [3.63, 3.8) is 0 Å². The van der Waals surface area contributed by atoms with Gasteiger partial charge in [0.15, 0.2) is 0 Å². The van der Waals surface area contributed by atoms with Gasteiger partial charge in [0, 0.05) is 24.9 Å². The zero-order valence-electron chi connectivity index (χ0n) is 21.1. The van der Waals surface area contributed by atoms with Crippen LogP contribution < -0.4 is 21.6 Å². The second-order valence-electron chi connectivity index (χ2n) is 9.03. The summed E-state index contributed by atoms with van der Waals surface area (Å²) >= 11 is 0. The average Bonchev–Trinajstić information content (AvgIpc) is 2.86. The minimum absolute atomic E-state index is 0.00285. The van der Waals surface area contributed by atoms with E-state index in [1.165, 1.54) is 18.2 Å². The maximum absolute atomic E-state index is 12.3. The lowest BCUT2D eigenvalue weighted by Crippen LogP contribution is -2.40. The van der Waals surface area contributed by atoms with E-state index < -0.39 is 32.2 Å². The lowest BCUT2D eigenvalue weighted by Gasteiger charge is -2.13. The van der Waals surface area contributed by atoms with Gasteiger partial charge in [0.05, 0.1) is 0 Å². The molecule has 1 aromatic rings. The minimum atomic E-state index is -1.83. The van der Waals surface area contributed by atoms with Crippen molar-refractivity contribution in [2.75, 3.05) is 6.54 Å². The molecular weight excluding hydrogens is 482 g/mol. The van der Waals surface area contributed by atoms with Crippen molar-refractivity contribution >= 4 is 49.2 Å². The summed E-state index contributed by atoms with van der Waals surface area (Å²) in [5.74, 6) is -1.88. The van der Waals surface area contributed by atoms with Crippen LogP contribution >= 0.6 is 0 Å². The van der Waals surface area contributed by atoms with Crippen LogP contribution in [0.25, 0.3) is 0 Å². The zero-order chi connectivity index (χ0) is 27.6. The van der Waals surface area contributed by atoms with Gasteiger partial charge in [-0.15, -0.1) is 0 Å². The molecular formula is C24H38B2N2O9. The fourth-order valence-corrected chi connectivity index (χ4v) is 3.82. The van der Waals surface area contributed by atoms with E-state index in [1.807, 2.05) is 0 Å². The van der Waals surface area contributed by atoms with Gasteiger partial charge in [-0.1, -0.05) is 51.0 Å². The van der Waals surface area contributed by atoms with Crippen molar-refractivity contribution in [3.05, 3.63) is 23.8 Å². The molecule has 0 bridgehead atoms. The molecule has 0 aliphatic carbocycles. The Bertz CT molecular complexity index is 842. The monoisotopic (exact) mass is 520 g/mol. The van der Waals surface area contributed by atoms with Gasteiger partial charge in [-0.05, 0) is 42.3 Å². The number of carbonyl (C=O) groups is 4. The van der Waals surface area contributed by atoms with Crippen molar-refractivity contribution in [3.8, 4) is 0 Å². The summed E-state index contributed by atoms with van der Waals surface area (Å²) in [7, 11) is -3.66. The first-order valence-electron chi connectivity index (χ1n) is 12.8. The smallest absolute Gasteiger partial charge is 0.480 e. The summed E-state index contributed by atoms with van der Waals surface area (Å²) in [6, 6.07) is 2.77. The number of amides is 2. The molecule has 37 heavy (non-hydrogen) atoms. The molecule has 1 rings (SSSR count). The lowest BCUT2D eigenvalue weighted by molar-refractivity contribution is -0.142. The van der Waals surface area contributed by atoms with E-state index in [-0.39, 0.29) is 41.7 Å². The minimum Gasteiger partial charge on any atom is -0.480 e. The molecule has 13 heteroatoms. The van der Waals surface area contributed by atoms with Crippen molar-refractivity contribution in [2.24, 2.45) is 0 Å². The third-order valence-corrected chi connectivity index (χ3v) is 5.91. The number of carboxylic acids is 1. The highest BCUT2D eigenvalue weighted by molar-refractivity contribution is 6.62. The van der Waals surface area contributed by atoms with Crippen molar-refractivity contribution in [1.82, 2.24) is 10.6 Å². The Morgan fingerprint density at radius 1 is 0.811 bits per heavy atom. The standard InChI is InChI=1S/C24H38B2N2O9/c29-14-10-11-21(24(32)33)28-22(30)12-8-6-4-2-1-3-5-7-9-13-27-23(31)18-15-19(25(34)35)17-20(16-18)26(36)37/h14-17,21,34-37H,1-13H2,(H,27,31)(H,28,30)(H,32,33)/t21-/m0/s1. The second kappa shape index (κ2) is 18.5. The SMILES string of the molecule is O=CCC[C@H](NC(=O)CCCCCCCCCCCNC(=O)c1cc(B(O)O)cc(B(O)O)c1)C(=O)O. The maximum Gasteiger partial charge on any atom is 0.488 e.